The van der Waals surface area contributed by atoms with Gasteiger partial charge >= 0.3 is 0 Å². The molecule has 3 N–H and O–H groups in total. The predicted molar refractivity (Wildman–Crippen MR) is 80.2 cm³/mol. The number of anilines is 1. The van der Waals surface area contributed by atoms with Crippen LogP contribution in [0.4, 0.5) is 5.69 Å². The molecule has 0 atom stereocenters. The van der Waals surface area contributed by atoms with E-state index in [9.17, 15) is 4.79 Å². The van der Waals surface area contributed by atoms with Crippen LogP contribution in [0, 0.1) is 0 Å². The Labute approximate surface area is 113 Å². The molecule has 2 aromatic rings. The number of nitrogens with two attached hydrogens (primary N) is 1. The van der Waals surface area contributed by atoms with Crippen molar-refractivity contribution in [3.63, 3.8) is 0 Å². The lowest BCUT2D eigenvalue weighted by Gasteiger charge is -2.25. The fourth-order valence-electron chi connectivity index (χ4n) is 1.92. The summed E-state index contributed by atoms with van der Waals surface area (Å²) in [5.41, 5.74) is 6.82. The average molecular weight is 256 g/mol. The number of benzene rings is 2. The number of rotatable bonds is 3. The molecule has 0 heterocycles. The van der Waals surface area contributed by atoms with Gasteiger partial charge in [0.25, 0.3) is 5.91 Å². The predicted octanol–water partition coefficient (Wildman–Crippen LogP) is 3.34. The van der Waals surface area contributed by atoms with Crippen LogP contribution in [-0.2, 0) is 0 Å². The highest BCUT2D eigenvalue weighted by Gasteiger charge is 2.20. The first-order valence-electron chi connectivity index (χ1n) is 6.54. The minimum Gasteiger partial charge on any atom is -0.398 e. The van der Waals surface area contributed by atoms with Crippen molar-refractivity contribution in [2.24, 2.45) is 0 Å². The van der Waals surface area contributed by atoms with Crippen LogP contribution in [0.1, 0.15) is 37.6 Å². The van der Waals surface area contributed by atoms with E-state index in [4.69, 9.17) is 5.73 Å². The highest BCUT2D eigenvalue weighted by Crippen LogP contribution is 2.22. The molecule has 0 aliphatic heterocycles. The van der Waals surface area contributed by atoms with E-state index in [1.807, 2.05) is 57.2 Å². The molecule has 0 saturated carbocycles. The summed E-state index contributed by atoms with van der Waals surface area (Å²) >= 11 is 0. The van der Waals surface area contributed by atoms with E-state index in [2.05, 4.69) is 5.32 Å². The highest BCUT2D eigenvalue weighted by atomic mass is 16.1. The number of hydrogen-bond donors (Lipinski definition) is 2. The summed E-state index contributed by atoms with van der Waals surface area (Å²) < 4.78 is 0. The second kappa shape index (κ2) is 4.92. The normalized spacial score (nSPS) is 11.5. The minimum absolute atomic E-state index is 0.116. The second-order valence-electron chi connectivity index (χ2n) is 5.48. The molecular formula is C16H20N2O. The zero-order valence-electron chi connectivity index (χ0n) is 11.7. The molecule has 19 heavy (non-hydrogen) atoms. The first kappa shape index (κ1) is 13.4. The van der Waals surface area contributed by atoms with E-state index in [-0.39, 0.29) is 11.4 Å². The molecule has 0 aliphatic rings. The van der Waals surface area contributed by atoms with Gasteiger partial charge in [-0.15, -0.1) is 0 Å². The van der Waals surface area contributed by atoms with Gasteiger partial charge in [0.05, 0.1) is 5.56 Å². The largest absolute Gasteiger partial charge is 0.398 e. The Balaban J connectivity index is 2.39. The molecule has 2 rings (SSSR count). The molecule has 0 bridgehead atoms. The average Bonchev–Trinajstić information content (AvgIpc) is 2.37. The zero-order valence-corrected chi connectivity index (χ0v) is 11.7. The van der Waals surface area contributed by atoms with Gasteiger partial charge in [-0.2, -0.15) is 0 Å². The highest BCUT2D eigenvalue weighted by molar-refractivity contribution is 6.04. The summed E-state index contributed by atoms with van der Waals surface area (Å²) in [5, 5.41) is 5.08. The Bertz CT molecular complexity index is 617. The minimum atomic E-state index is -0.227. The Morgan fingerprint density at radius 1 is 1.21 bits per heavy atom. The fourth-order valence-corrected chi connectivity index (χ4v) is 1.92. The third-order valence-electron chi connectivity index (χ3n) is 3.50. The van der Waals surface area contributed by atoms with E-state index in [1.54, 1.807) is 0 Å². The van der Waals surface area contributed by atoms with Gasteiger partial charge < -0.3 is 11.1 Å². The molecule has 0 saturated heterocycles. The monoisotopic (exact) mass is 256 g/mol. The molecule has 0 fully saturated rings. The lowest BCUT2D eigenvalue weighted by Crippen LogP contribution is -2.43. The van der Waals surface area contributed by atoms with Crippen LogP contribution < -0.4 is 11.1 Å². The molecule has 100 valence electrons. The summed E-state index contributed by atoms with van der Waals surface area (Å²) in [6.45, 7) is 6.05. The number of fused-ring (bicyclic) bond motifs is 1. The van der Waals surface area contributed by atoms with E-state index in [1.165, 1.54) is 0 Å². The standard InChI is InChI=1S/C16H20N2O/c1-4-16(2,3)18-15(19)13-9-11-7-5-6-8-12(11)10-14(13)17/h5-10H,4,17H2,1-3H3,(H,18,19). The molecule has 3 heteroatoms. The number of nitrogen functional groups attached to an aromatic ring is 1. The summed E-state index contributed by atoms with van der Waals surface area (Å²) in [5.74, 6) is -0.116. The number of amides is 1. The fraction of sp³-hybridized carbons (Fsp3) is 0.312. The SMILES string of the molecule is CCC(C)(C)NC(=O)c1cc2ccccc2cc1N. The number of carbonyl (C=O) groups excluding carboxylic acids is 1. The van der Waals surface area contributed by atoms with Crippen LogP contribution in [0.15, 0.2) is 36.4 Å². The van der Waals surface area contributed by atoms with Gasteiger partial charge in [-0.3, -0.25) is 4.79 Å². The van der Waals surface area contributed by atoms with Crippen molar-refractivity contribution >= 4 is 22.4 Å². The van der Waals surface area contributed by atoms with Crippen molar-refractivity contribution < 1.29 is 4.79 Å². The Hall–Kier alpha value is -2.03. The van der Waals surface area contributed by atoms with Crippen molar-refractivity contribution in [2.75, 3.05) is 5.73 Å². The molecule has 1 amide bonds. The number of nitrogens with one attached hydrogen (secondary N) is 1. The van der Waals surface area contributed by atoms with Crippen LogP contribution >= 0.6 is 0 Å². The molecule has 3 nitrogen and oxygen atoms in total. The first-order chi connectivity index (χ1) is 8.93. The number of hydrogen-bond acceptors (Lipinski definition) is 2. The van der Waals surface area contributed by atoms with Gasteiger partial charge in [0.1, 0.15) is 0 Å². The summed E-state index contributed by atoms with van der Waals surface area (Å²) in [6, 6.07) is 11.6. The van der Waals surface area contributed by atoms with E-state index < -0.39 is 0 Å². The topological polar surface area (TPSA) is 55.1 Å². The summed E-state index contributed by atoms with van der Waals surface area (Å²) in [4.78, 5) is 12.3. The molecule has 0 spiro atoms. The van der Waals surface area contributed by atoms with Gasteiger partial charge in [-0.05, 0) is 43.2 Å². The molecule has 2 aromatic carbocycles. The van der Waals surface area contributed by atoms with Crippen molar-refractivity contribution in [3.05, 3.63) is 42.0 Å². The molecule has 0 radical (unpaired) electrons. The Morgan fingerprint density at radius 2 is 1.79 bits per heavy atom. The van der Waals surface area contributed by atoms with E-state index in [0.717, 1.165) is 17.2 Å². The summed E-state index contributed by atoms with van der Waals surface area (Å²) in [6.07, 6.45) is 0.867. The maximum Gasteiger partial charge on any atom is 0.253 e. The molecule has 0 unspecified atom stereocenters. The molecule has 0 aliphatic carbocycles. The smallest absolute Gasteiger partial charge is 0.253 e. The summed E-state index contributed by atoms with van der Waals surface area (Å²) in [7, 11) is 0. The lowest BCUT2D eigenvalue weighted by molar-refractivity contribution is 0.0912. The second-order valence-corrected chi connectivity index (χ2v) is 5.48. The van der Waals surface area contributed by atoms with Gasteiger partial charge in [-0.25, -0.2) is 0 Å². The van der Waals surface area contributed by atoms with Crippen LogP contribution in [0.25, 0.3) is 10.8 Å². The quantitative estimate of drug-likeness (QED) is 0.827. The molecule has 0 aromatic heterocycles. The molecular weight excluding hydrogens is 236 g/mol. The van der Waals surface area contributed by atoms with Crippen LogP contribution in [0.3, 0.4) is 0 Å². The van der Waals surface area contributed by atoms with Crippen molar-refractivity contribution in [1.29, 1.82) is 0 Å². The maximum absolute atomic E-state index is 12.3. The van der Waals surface area contributed by atoms with Crippen LogP contribution in [0.5, 0.6) is 0 Å². The maximum atomic E-state index is 12.3. The van der Waals surface area contributed by atoms with Crippen molar-refractivity contribution in [2.45, 2.75) is 32.7 Å². The lowest BCUT2D eigenvalue weighted by atomic mass is 10.00. The first-order valence-corrected chi connectivity index (χ1v) is 6.54. The number of carbonyl (C=O) groups is 1. The van der Waals surface area contributed by atoms with E-state index >= 15 is 0 Å². The van der Waals surface area contributed by atoms with Gasteiger partial charge in [0.15, 0.2) is 0 Å². The van der Waals surface area contributed by atoms with E-state index in [0.29, 0.717) is 11.3 Å². The van der Waals surface area contributed by atoms with Gasteiger partial charge in [0.2, 0.25) is 0 Å². The third-order valence-corrected chi connectivity index (χ3v) is 3.50. The van der Waals surface area contributed by atoms with Crippen LogP contribution in [-0.4, -0.2) is 11.4 Å². The zero-order chi connectivity index (χ0) is 14.0. The van der Waals surface area contributed by atoms with Gasteiger partial charge in [-0.1, -0.05) is 31.2 Å². The van der Waals surface area contributed by atoms with Crippen molar-refractivity contribution in [3.8, 4) is 0 Å². The third kappa shape index (κ3) is 2.87. The Kier molecular flexibility index (Phi) is 3.47. The van der Waals surface area contributed by atoms with Crippen molar-refractivity contribution in [1.82, 2.24) is 5.32 Å². The Morgan fingerprint density at radius 3 is 2.37 bits per heavy atom. The van der Waals surface area contributed by atoms with Crippen LogP contribution in [0.2, 0.25) is 0 Å². The van der Waals surface area contributed by atoms with Gasteiger partial charge in [0, 0.05) is 11.2 Å².